The first-order valence-corrected chi connectivity index (χ1v) is 21.7. The second-order valence-corrected chi connectivity index (χ2v) is 19.2. The van der Waals surface area contributed by atoms with Crippen LogP contribution in [-0.2, 0) is 0 Å². The van der Waals surface area contributed by atoms with Gasteiger partial charge in [-0.3, -0.25) is 0 Å². The molecule has 0 unspecified atom stereocenters. The smallest absolute Gasteiger partial charge is 0.0620 e. The van der Waals surface area contributed by atoms with Crippen LogP contribution in [-0.4, -0.2) is 0 Å². The molecule has 0 nitrogen and oxygen atoms in total. The first-order chi connectivity index (χ1) is 26.8. The Morgan fingerprint density at radius 2 is 0.426 bits per heavy atom. The van der Waals surface area contributed by atoms with Crippen LogP contribution < -0.4 is 31.8 Å². The fourth-order valence-electron chi connectivity index (χ4n) is 6.98. The van der Waals surface area contributed by atoms with Gasteiger partial charge in [0.2, 0.25) is 0 Å². The summed E-state index contributed by atoms with van der Waals surface area (Å²) >= 11 is 0. The highest BCUT2D eigenvalue weighted by Gasteiger charge is 2.46. The average Bonchev–Trinajstić information content (AvgIpc) is 3.27. The summed E-state index contributed by atoms with van der Waals surface area (Å²) in [6, 6.07) is 81.9. The second kappa shape index (κ2) is 16.2. The number of hydrogen-bond acceptors (Lipinski definition) is 0. The van der Waals surface area contributed by atoms with Crippen molar-refractivity contribution < 1.29 is 0 Å². The van der Waals surface area contributed by atoms with E-state index in [4.69, 9.17) is 0 Å². The maximum absolute atomic E-state index is 3.88. The van der Waals surface area contributed by atoms with Crippen LogP contribution in [0.5, 0.6) is 0 Å². The molecule has 0 bridgehead atoms. The SMILES string of the molecule is C(#C[P+](c1ccccc1)(c1ccccc1)c1ccccc1)c1ccc(-c2ccc(C#C[P+](c3ccccc3)(c3ccccc3)c3ccccc3)cc2)cc1. The highest BCUT2D eigenvalue weighted by molar-refractivity contribution is 8.00. The summed E-state index contributed by atoms with van der Waals surface area (Å²) in [5, 5.41) is 7.53. The molecule has 0 radical (unpaired) electrons. The fraction of sp³-hybridized carbons (Fsp3) is 0. The summed E-state index contributed by atoms with van der Waals surface area (Å²) in [5.74, 6) is 7.25. The topological polar surface area (TPSA) is 0 Å². The Morgan fingerprint density at radius 1 is 0.222 bits per heavy atom. The van der Waals surface area contributed by atoms with E-state index in [9.17, 15) is 0 Å². The van der Waals surface area contributed by atoms with Crippen LogP contribution in [0.2, 0.25) is 0 Å². The highest BCUT2D eigenvalue weighted by atomic mass is 31.2. The van der Waals surface area contributed by atoms with E-state index in [1.165, 1.54) is 31.8 Å². The van der Waals surface area contributed by atoms with Gasteiger partial charge in [-0.15, -0.1) is 0 Å². The molecule has 0 saturated heterocycles. The van der Waals surface area contributed by atoms with E-state index in [1.807, 2.05) is 0 Å². The summed E-state index contributed by atoms with van der Waals surface area (Å²) in [6.45, 7) is 0. The van der Waals surface area contributed by atoms with Crippen molar-refractivity contribution in [3.8, 4) is 34.3 Å². The highest BCUT2D eigenvalue weighted by Crippen LogP contribution is 2.55. The van der Waals surface area contributed by atoms with Crippen molar-refractivity contribution in [3.63, 3.8) is 0 Å². The molecule has 0 fully saturated rings. The van der Waals surface area contributed by atoms with E-state index < -0.39 is 14.5 Å². The Bertz CT molecular complexity index is 2170. The van der Waals surface area contributed by atoms with Crippen LogP contribution >= 0.6 is 14.5 Å². The molecular formula is C52H38P2+2. The van der Waals surface area contributed by atoms with Gasteiger partial charge in [-0.05, 0) is 120 Å². The zero-order chi connectivity index (χ0) is 36.5. The Morgan fingerprint density at radius 3 is 0.630 bits per heavy atom. The number of benzene rings is 8. The lowest BCUT2D eigenvalue weighted by molar-refractivity contribution is 1.58. The minimum atomic E-state index is -2.24. The molecule has 0 saturated carbocycles. The molecule has 0 aliphatic heterocycles. The lowest BCUT2D eigenvalue weighted by Crippen LogP contribution is -2.29. The van der Waals surface area contributed by atoms with Crippen molar-refractivity contribution in [2.75, 3.05) is 0 Å². The van der Waals surface area contributed by atoms with Gasteiger partial charge in [0.05, 0.1) is 11.3 Å². The van der Waals surface area contributed by atoms with Crippen molar-refractivity contribution >= 4 is 46.4 Å². The maximum Gasteiger partial charge on any atom is 0.189 e. The molecule has 54 heavy (non-hydrogen) atoms. The van der Waals surface area contributed by atoms with Gasteiger partial charge in [-0.2, -0.15) is 0 Å². The molecule has 0 aromatic heterocycles. The van der Waals surface area contributed by atoms with E-state index in [0.29, 0.717) is 0 Å². The van der Waals surface area contributed by atoms with Crippen LogP contribution in [0.3, 0.4) is 0 Å². The van der Waals surface area contributed by atoms with Gasteiger partial charge in [-0.25, -0.2) is 0 Å². The van der Waals surface area contributed by atoms with Crippen LogP contribution in [0, 0.1) is 23.2 Å². The Kier molecular flexibility index (Phi) is 10.4. The predicted molar refractivity (Wildman–Crippen MR) is 236 cm³/mol. The minimum absolute atomic E-state index is 0.997. The van der Waals surface area contributed by atoms with Gasteiger partial charge in [0.1, 0.15) is 31.8 Å². The third-order valence-corrected chi connectivity index (χ3v) is 17.0. The summed E-state index contributed by atoms with van der Waals surface area (Å²) in [6.07, 6.45) is 0. The van der Waals surface area contributed by atoms with E-state index >= 15 is 0 Å². The molecule has 0 N–H and O–H groups in total. The lowest BCUT2D eigenvalue weighted by atomic mass is 10.0. The third-order valence-electron chi connectivity index (χ3n) is 9.70. The fourth-order valence-corrected chi connectivity index (χ4v) is 13.9. The van der Waals surface area contributed by atoms with Crippen molar-refractivity contribution in [2.24, 2.45) is 0 Å². The first-order valence-electron chi connectivity index (χ1n) is 18.1. The zero-order valence-corrected chi connectivity index (χ0v) is 31.6. The van der Waals surface area contributed by atoms with Gasteiger partial charge < -0.3 is 0 Å². The molecule has 2 heteroatoms. The van der Waals surface area contributed by atoms with Crippen molar-refractivity contribution in [2.45, 2.75) is 0 Å². The second-order valence-electron chi connectivity index (χ2n) is 13.0. The molecule has 0 aliphatic rings. The molecule has 0 amide bonds. The largest absolute Gasteiger partial charge is 0.189 e. The van der Waals surface area contributed by atoms with Gasteiger partial charge in [0.25, 0.3) is 0 Å². The van der Waals surface area contributed by atoms with Crippen LogP contribution in [0.4, 0.5) is 0 Å². The van der Waals surface area contributed by atoms with E-state index in [-0.39, 0.29) is 0 Å². The van der Waals surface area contributed by atoms with E-state index in [2.05, 4.69) is 254 Å². The number of hydrogen-bond donors (Lipinski definition) is 0. The summed E-state index contributed by atoms with van der Waals surface area (Å²) < 4.78 is 0. The Hall–Kier alpha value is -6.26. The third kappa shape index (κ3) is 7.08. The lowest BCUT2D eigenvalue weighted by Gasteiger charge is -2.21. The summed E-state index contributed by atoms with van der Waals surface area (Å²) in [7, 11) is -4.49. The molecule has 0 spiro atoms. The van der Waals surface area contributed by atoms with Crippen molar-refractivity contribution in [1.82, 2.24) is 0 Å². The maximum atomic E-state index is 3.88. The van der Waals surface area contributed by atoms with Crippen molar-refractivity contribution in [3.05, 3.63) is 242 Å². The Balaban J connectivity index is 1.12. The number of rotatable bonds is 7. The predicted octanol–water partition coefficient (Wildman–Crippen LogP) is 9.96. The monoisotopic (exact) mass is 724 g/mol. The summed E-state index contributed by atoms with van der Waals surface area (Å²) in [5.41, 5.74) is 12.0. The molecule has 8 aromatic carbocycles. The van der Waals surface area contributed by atoms with E-state index in [0.717, 1.165) is 22.3 Å². The van der Waals surface area contributed by atoms with Crippen molar-refractivity contribution in [1.29, 1.82) is 0 Å². The van der Waals surface area contributed by atoms with Crippen LogP contribution in [0.25, 0.3) is 11.1 Å². The molecule has 8 aromatic rings. The van der Waals surface area contributed by atoms with Gasteiger partial charge in [-0.1, -0.05) is 133 Å². The molecule has 8 rings (SSSR count). The zero-order valence-electron chi connectivity index (χ0n) is 29.8. The molecule has 0 aliphatic carbocycles. The average molecular weight is 725 g/mol. The molecule has 254 valence electrons. The van der Waals surface area contributed by atoms with Gasteiger partial charge >= 0.3 is 0 Å². The summed E-state index contributed by atoms with van der Waals surface area (Å²) in [4.78, 5) is 0. The standard InChI is InChI=1S/C52H38P2/c1-7-19-47(20-8-1)53(48-21-9-2-10-22-48,49-23-11-3-12-24-49)41-39-43-31-35-45(36-32-43)46-37-33-44(34-38-46)40-42-54(50-25-13-4-14-26-50,51-27-15-5-16-28-51)52-29-17-6-18-30-52/h1-38H/q+2. The van der Waals surface area contributed by atoms with Gasteiger partial charge in [0.15, 0.2) is 14.5 Å². The molecular weight excluding hydrogens is 687 g/mol. The van der Waals surface area contributed by atoms with E-state index in [1.54, 1.807) is 0 Å². The quantitative estimate of drug-likeness (QED) is 0.113. The normalized spacial score (nSPS) is 11.0. The Labute approximate surface area is 320 Å². The first kappa shape index (κ1) is 34.8. The molecule has 0 heterocycles. The van der Waals surface area contributed by atoms with Crippen LogP contribution in [0.15, 0.2) is 231 Å². The molecule has 0 atom stereocenters. The van der Waals surface area contributed by atoms with Gasteiger partial charge in [0, 0.05) is 11.1 Å². The minimum Gasteiger partial charge on any atom is -0.0620 e. The van der Waals surface area contributed by atoms with Crippen LogP contribution in [0.1, 0.15) is 11.1 Å².